The predicted molar refractivity (Wildman–Crippen MR) is 84.1 cm³/mol. The van der Waals surface area contributed by atoms with E-state index in [4.69, 9.17) is 4.74 Å². The number of carbonyl (C=O) groups excluding carboxylic acids is 1. The van der Waals surface area contributed by atoms with Crippen LogP contribution in [0.15, 0.2) is 30.5 Å². The Hall–Kier alpha value is -2.48. The van der Waals surface area contributed by atoms with Gasteiger partial charge in [0.1, 0.15) is 0 Å². The van der Waals surface area contributed by atoms with Gasteiger partial charge >= 0.3 is 6.61 Å². The first kappa shape index (κ1) is 16.9. The fourth-order valence-electron chi connectivity index (χ4n) is 1.77. The molecule has 2 aromatic rings. The van der Waals surface area contributed by atoms with Gasteiger partial charge in [0.15, 0.2) is 16.6 Å². The molecule has 1 N–H and O–H groups in total. The Morgan fingerprint density at radius 1 is 1.43 bits per heavy atom. The number of hydrogen-bond acceptors (Lipinski definition) is 5. The van der Waals surface area contributed by atoms with Crippen molar-refractivity contribution < 1.29 is 23.0 Å². The summed E-state index contributed by atoms with van der Waals surface area (Å²) in [6.07, 6.45) is 4.22. The molecule has 122 valence electrons. The molecule has 23 heavy (non-hydrogen) atoms. The van der Waals surface area contributed by atoms with Gasteiger partial charge in [-0.05, 0) is 19.1 Å². The summed E-state index contributed by atoms with van der Waals surface area (Å²) in [4.78, 5) is 16.8. The van der Waals surface area contributed by atoms with E-state index in [0.717, 1.165) is 4.88 Å². The van der Waals surface area contributed by atoms with Gasteiger partial charge in [0.05, 0.1) is 7.11 Å². The van der Waals surface area contributed by atoms with Crippen LogP contribution in [0.3, 0.4) is 0 Å². The summed E-state index contributed by atoms with van der Waals surface area (Å²) >= 11 is 1.33. The smallest absolute Gasteiger partial charge is 0.387 e. The maximum Gasteiger partial charge on any atom is 0.387 e. The van der Waals surface area contributed by atoms with Crippen molar-refractivity contribution in [1.29, 1.82) is 0 Å². The summed E-state index contributed by atoms with van der Waals surface area (Å²) in [6.45, 7) is -1.13. The third kappa shape index (κ3) is 4.75. The number of aryl methyl sites for hydroxylation is 1. The van der Waals surface area contributed by atoms with E-state index < -0.39 is 12.5 Å². The molecule has 0 spiro atoms. The van der Waals surface area contributed by atoms with Crippen molar-refractivity contribution in [3.63, 3.8) is 0 Å². The van der Waals surface area contributed by atoms with Gasteiger partial charge in [-0.1, -0.05) is 12.1 Å². The van der Waals surface area contributed by atoms with E-state index in [1.54, 1.807) is 12.3 Å². The van der Waals surface area contributed by atoms with Gasteiger partial charge in [0.2, 0.25) is 5.91 Å². The number of benzene rings is 1. The van der Waals surface area contributed by atoms with Crippen LogP contribution in [0.5, 0.6) is 11.5 Å². The molecule has 8 heteroatoms. The highest BCUT2D eigenvalue weighted by Gasteiger charge is 2.14. The molecular formula is C15H14F2N2O3S. The standard InChI is InChI=1S/C15H14F2N2O3S/c1-9-8-18-15(23-9)19-12(20)7-6-10-4-3-5-11(21-2)13(10)22-14(16)17/h3-8,14H,1-2H3,(H,18,19,20)/b7-6-. The monoisotopic (exact) mass is 340 g/mol. The Morgan fingerprint density at radius 2 is 2.22 bits per heavy atom. The van der Waals surface area contributed by atoms with Crippen LogP contribution in [-0.2, 0) is 4.79 Å². The van der Waals surface area contributed by atoms with Crippen LogP contribution < -0.4 is 14.8 Å². The van der Waals surface area contributed by atoms with Crippen molar-refractivity contribution in [3.8, 4) is 11.5 Å². The largest absolute Gasteiger partial charge is 0.493 e. The molecule has 1 heterocycles. The molecule has 0 bridgehead atoms. The van der Waals surface area contributed by atoms with Gasteiger partial charge in [0.25, 0.3) is 0 Å². The average Bonchev–Trinajstić information content (AvgIpc) is 2.90. The molecule has 0 aliphatic rings. The number of thiazole rings is 1. The lowest BCUT2D eigenvalue weighted by atomic mass is 10.1. The highest BCUT2D eigenvalue weighted by Crippen LogP contribution is 2.33. The minimum absolute atomic E-state index is 0.126. The zero-order valence-corrected chi connectivity index (χ0v) is 13.2. The number of rotatable bonds is 6. The zero-order chi connectivity index (χ0) is 16.8. The van der Waals surface area contributed by atoms with E-state index in [9.17, 15) is 13.6 Å². The number of ether oxygens (including phenoxy) is 2. The minimum Gasteiger partial charge on any atom is -0.493 e. The molecular weight excluding hydrogens is 326 g/mol. The highest BCUT2D eigenvalue weighted by atomic mass is 32.1. The molecule has 5 nitrogen and oxygen atoms in total. The fourth-order valence-corrected chi connectivity index (χ4v) is 2.43. The summed E-state index contributed by atoms with van der Waals surface area (Å²) in [5, 5.41) is 3.05. The van der Waals surface area contributed by atoms with Gasteiger partial charge in [-0.2, -0.15) is 8.78 Å². The van der Waals surface area contributed by atoms with Crippen molar-refractivity contribution >= 4 is 28.5 Å². The van der Waals surface area contributed by atoms with Crippen LogP contribution in [0, 0.1) is 6.92 Å². The summed E-state index contributed by atoms with van der Waals surface area (Å²) in [6, 6.07) is 4.64. The maximum atomic E-state index is 12.5. The van der Waals surface area contributed by atoms with E-state index in [2.05, 4.69) is 15.0 Å². The Balaban J connectivity index is 2.16. The van der Waals surface area contributed by atoms with Crippen LogP contribution in [0.4, 0.5) is 13.9 Å². The molecule has 0 saturated carbocycles. The molecule has 1 aromatic carbocycles. The third-order valence-corrected chi connectivity index (χ3v) is 3.53. The number of carbonyl (C=O) groups is 1. The van der Waals surface area contributed by atoms with Gasteiger partial charge < -0.3 is 9.47 Å². The first-order valence-electron chi connectivity index (χ1n) is 6.53. The Bertz CT molecular complexity index is 716. The summed E-state index contributed by atoms with van der Waals surface area (Å²) < 4.78 is 34.5. The zero-order valence-electron chi connectivity index (χ0n) is 12.4. The topological polar surface area (TPSA) is 60.5 Å². The number of hydrogen-bond donors (Lipinski definition) is 1. The predicted octanol–water partition coefficient (Wildman–Crippen LogP) is 3.71. The molecule has 0 unspecified atom stereocenters. The van der Waals surface area contributed by atoms with Crippen LogP contribution >= 0.6 is 11.3 Å². The number of aromatic nitrogens is 1. The highest BCUT2D eigenvalue weighted by molar-refractivity contribution is 7.15. The van der Waals surface area contributed by atoms with Crippen LogP contribution in [-0.4, -0.2) is 24.6 Å². The average molecular weight is 340 g/mol. The third-order valence-electron chi connectivity index (χ3n) is 2.70. The van der Waals surface area contributed by atoms with E-state index in [-0.39, 0.29) is 11.5 Å². The number of nitrogens with one attached hydrogen (secondary N) is 1. The van der Waals surface area contributed by atoms with Gasteiger partial charge in [-0.15, -0.1) is 11.3 Å². The molecule has 0 fully saturated rings. The molecule has 1 amide bonds. The SMILES string of the molecule is COc1cccc(/C=C\C(=O)Nc2ncc(C)s2)c1OC(F)F. The fraction of sp³-hybridized carbons (Fsp3) is 0.200. The second kappa shape index (κ2) is 7.68. The minimum atomic E-state index is -2.99. The number of anilines is 1. The summed E-state index contributed by atoms with van der Waals surface area (Å²) in [5.41, 5.74) is 0.301. The number of alkyl halides is 2. The number of nitrogens with zero attached hydrogens (tertiary/aromatic N) is 1. The Kier molecular flexibility index (Phi) is 5.64. The van der Waals surface area contributed by atoms with Gasteiger partial charge in [0, 0.05) is 22.7 Å². The summed E-state index contributed by atoms with van der Waals surface area (Å²) in [7, 11) is 1.35. The Morgan fingerprint density at radius 3 is 2.83 bits per heavy atom. The van der Waals surface area contributed by atoms with Crippen LogP contribution in [0.2, 0.25) is 0 Å². The normalized spacial score (nSPS) is 11.0. The second-order valence-corrected chi connectivity index (χ2v) is 5.59. The molecule has 0 radical (unpaired) electrons. The lowest BCUT2D eigenvalue weighted by Gasteiger charge is -2.12. The second-order valence-electron chi connectivity index (χ2n) is 4.36. The number of para-hydroxylation sites is 1. The van der Waals surface area contributed by atoms with Gasteiger partial charge in [-0.25, -0.2) is 4.98 Å². The van der Waals surface area contributed by atoms with E-state index in [1.165, 1.54) is 42.7 Å². The first-order chi connectivity index (χ1) is 11.0. The molecule has 0 aliphatic heterocycles. The van der Waals surface area contributed by atoms with Crippen LogP contribution in [0.25, 0.3) is 6.08 Å². The van der Waals surface area contributed by atoms with Crippen LogP contribution in [0.1, 0.15) is 10.4 Å². The van der Waals surface area contributed by atoms with Gasteiger partial charge in [-0.3, -0.25) is 10.1 Å². The van der Waals surface area contributed by atoms with Crippen molar-refractivity contribution in [3.05, 3.63) is 40.9 Å². The maximum absolute atomic E-state index is 12.5. The van der Waals surface area contributed by atoms with Crippen molar-refractivity contribution in [2.24, 2.45) is 0 Å². The van der Waals surface area contributed by atoms with E-state index >= 15 is 0 Å². The summed E-state index contributed by atoms with van der Waals surface area (Å²) in [5.74, 6) is -0.396. The molecule has 0 aliphatic carbocycles. The lowest BCUT2D eigenvalue weighted by molar-refractivity contribution is -0.111. The number of halogens is 2. The lowest BCUT2D eigenvalue weighted by Crippen LogP contribution is -2.08. The number of methoxy groups -OCH3 is 1. The van der Waals surface area contributed by atoms with Crippen molar-refractivity contribution in [1.82, 2.24) is 4.98 Å². The molecule has 0 atom stereocenters. The molecule has 2 rings (SSSR count). The van der Waals surface area contributed by atoms with Crippen molar-refractivity contribution in [2.45, 2.75) is 13.5 Å². The molecule has 1 aromatic heterocycles. The Labute approximate surface area is 135 Å². The quantitative estimate of drug-likeness (QED) is 0.814. The van der Waals surface area contributed by atoms with E-state index in [1.807, 2.05) is 6.92 Å². The first-order valence-corrected chi connectivity index (χ1v) is 7.34. The van der Waals surface area contributed by atoms with E-state index in [0.29, 0.717) is 10.7 Å². The molecule has 0 saturated heterocycles. The van der Waals surface area contributed by atoms with Crippen molar-refractivity contribution in [2.75, 3.05) is 12.4 Å². The number of amides is 1.